The Labute approximate surface area is 225 Å². The fourth-order valence-electron chi connectivity index (χ4n) is 4.40. The van der Waals surface area contributed by atoms with Crippen molar-refractivity contribution < 1.29 is 24.0 Å². The number of urea groups is 1. The number of nitrogens with zero attached hydrogens (tertiary/aromatic N) is 1. The summed E-state index contributed by atoms with van der Waals surface area (Å²) in [6.45, 7) is 4.19. The fraction of sp³-hybridized carbons (Fsp3) is 0.321. The molecular formula is C28H32N6O5. The van der Waals surface area contributed by atoms with Gasteiger partial charge in [-0.15, -0.1) is 0 Å². The first kappa shape index (κ1) is 27.4. The molecule has 0 aliphatic carbocycles. The smallest absolute Gasteiger partial charge is 0.317 e. The van der Waals surface area contributed by atoms with Gasteiger partial charge in [-0.1, -0.05) is 62.4 Å². The molecular weight excluding hydrogens is 500 g/mol. The highest BCUT2D eigenvalue weighted by Gasteiger charge is 2.35. The predicted molar refractivity (Wildman–Crippen MR) is 145 cm³/mol. The summed E-state index contributed by atoms with van der Waals surface area (Å²) in [5.41, 5.74) is 1.97. The first-order valence-electron chi connectivity index (χ1n) is 12.8. The van der Waals surface area contributed by atoms with Gasteiger partial charge in [-0.25, -0.2) is 4.79 Å². The van der Waals surface area contributed by atoms with E-state index in [1.54, 1.807) is 26.1 Å². The summed E-state index contributed by atoms with van der Waals surface area (Å²) in [4.78, 5) is 69.0. The maximum atomic E-state index is 13.4. The van der Waals surface area contributed by atoms with Gasteiger partial charge in [-0.2, -0.15) is 0 Å². The number of Topliss-reactive ketones (excluding diaryl/α,β-unsaturated/α-hetero) is 1. The van der Waals surface area contributed by atoms with Crippen LogP contribution >= 0.6 is 0 Å². The number of aromatic nitrogens is 1. The molecule has 1 aliphatic heterocycles. The summed E-state index contributed by atoms with van der Waals surface area (Å²) in [5, 5.41) is 11.3. The summed E-state index contributed by atoms with van der Waals surface area (Å²) >= 11 is 0. The molecule has 0 saturated carbocycles. The minimum Gasteiger partial charge on any atom is -0.360 e. The zero-order valence-corrected chi connectivity index (χ0v) is 21.8. The second-order valence-electron chi connectivity index (χ2n) is 9.71. The number of amides is 5. The number of carbonyl (C=O) groups excluding carboxylic acids is 5. The van der Waals surface area contributed by atoms with Crippen molar-refractivity contribution in [2.75, 3.05) is 19.6 Å². The molecule has 2 atom stereocenters. The van der Waals surface area contributed by atoms with Gasteiger partial charge in [0, 0.05) is 36.7 Å². The molecule has 0 bridgehead atoms. The molecule has 1 aromatic heterocycles. The van der Waals surface area contributed by atoms with E-state index in [1.807, 2.05) is 48.5 Å². The Hall–Kier alpha value is -4.67. The van der Waals surface area contributed by atoms with E-state index in [4.69, 9.17) is 0 Å². The van der Waals surface area contributed by atoms with Crippen LogP contribution in [0.2, 0.25) is 0 Å². The van der Waals surface area contributed by atoms with Gasteiger partial charge >= 0.3 is 6.03 Å². The zero-order valence-electron chi connectivity index (χ0n) is 21.8. The average molecular weight is 533 g/mol. The van der Waals surface area contributed by atoms with Gasteiger partial charge in [-0.3, -0.25) is 19.2 Å². The Balaban J connectivity index is 1.48. The van der Waals surface area contributed by atoms with Crippen LogP contribution in [0, 0.1) is 5.92 Å². The van der Waals surface area contributed by atoms with E-state index in [2.05, 4.69) is 26.3 Å². The fourth-order valence-corrected chi connectivity index (χ4v) is 4.40. The summed E-state index contributed by atoms with van der Waals surface area (Å²) in [6, 6.07) is 13.7. The van der Waals surface area contributed by atoms with Crippen LogP contribution in [0.5, 0.6) is 0 Å². The van der Waals surface area contributed by atoms with Crippen LogP contribution in [0.15, 0.2) is 60.8 Å². The second kappa shape index (κ2) is 12.2. The standard InChI is InChI=1S/C28H32N6O5/c1-17(2)23(33-25(36)20-15-30-21-11-7-6-10-19(20)21)26(37)32-22(16-34-13-12-29-28(34)39)24(35)27(38)31-14-18-8-4-3-5-9-18/h3-11,15,17,22-23,30H,12-14,16H2,1-2H3,(H,29,39)(H,31,38)(H,32,37)(H,33,36)/t22-,23?/m0/s1. The lowest BCUT2D eigenvalue weighted by atomic mass is 10.0. The molecule has 1 saturated heterocycles. The van der Waals surface area contributed by atoms with Gasteiger partial charge in [0.15, 0.2) is 0 Å². The number of aromatic amines is 1. The van der Waals surface area contributed by atoms with E-state index in [9.17, 15) is 24.0 Å². The number of nitrogens with one attached hydrogen (secondary N) is 5. The molecule has 0 radical (unpaired) electrons. The Morgan fingerprint density at radius 3 is 2.38 bits per heavy atom. The van der Waals surface area contributed by atoms with Crippen LogP contribution in [0.1, 0.15) is 29.8 Å². The molecule has 3 aromatic rings. The molecule has 0 spiro atoms. The molecule has 5 N–H and O–H groups in total. The van der Waals surface area contributed by atoms with Crippen molar-refractivity contribution in [2.24, 2.45) is 5.92 Å². The van der Waals surface area contributed by atoms with Gasteiger partial charge in [0.05, 0.1) is 12.1 Å². The van der Waals surface area contributed by atoms with Gasteiger partial charge in [0.2, 0.25) is 11.7 Å². The van der Waals surface area contributed by atoms with E-state index < -0.39 is 35.6 Å². The predicted octanol–water partition coefficient (Wildman–Crippen LogP) is 1.32. The summed E-state index contributed by atoms with van der Waals surface area (Å²) in [5.74, 6) is -3.19. The number of H-pyrrole nitrogens is 1. The highest BCUT2D eigenvalue weighted by molar-refractivity contribution is 6.38. The van der Waals surface area contributed by atoms with Crippen molar-refractivity contribution in [2.45, 2.75) is 32.5 Å². The van der Waals surface area contributed by atoms with Crippen LogP contribution < -0.4 is 21.3 Å². The van der Waals surface area contributed by atoms with E-state index in [1.165, 1.54) is 4.90 Å². The number of benzene rings is 2. The van der Waals surface area contributed by atoms with Crippen molar-refractivity contribution >= 4 is 40.4 Å². The lowest BCUT2D eigenvalue weighted by Crippen LogP contribution is -2.58. The normalized spacial score (nSPS) is 14.5. The molecule has 1 fully saturated rings. The topological polar surface area (TPSA) is 152 Å². The third-order valence-electron chi connectivity index (χ3n) is 6.57. The molecule has 1 unspecified atom stereocenters. The van der Waals surface area contributed by atoms with E-state index in [0.29, 0.717) is 24.0 Å². The first-order valence-corrected chi connectivity index (χ1v) is 12.8. The van der Waals surface area contributed by atoms with Crippen LogP contribution in [0.3, 0.4) is 0 Å². The van der Waals surface area contributed by atoms with E-state index in [-0.39, 0.29) is 25.0 Å². The number of para-hydroxylation sites is 1. The van der Waals surface area contributed by atoms with Crippen molar-refractivity contribution in [3.63, 3.8) is 0 Å². The Morgan fingerprint density at radius 1 is 0.974 bits per heavy atom. The summed E-state index contributed by atoms with van der Waals surface area (Å²) in [6.07, 6.45) is 1.57. The third kappa shape index (κ3) is 6.61. The second-order valence-corrected chi connectivity index (χ2v) is 9.71. The van der Waals surface area contributed by atoms with Gasteiger partial charge in [-0.05, 0) is 17.5 Å². The van der Waals surface area contributed by atoms with Crippen LogP contribution in [0.25, 0.3) is 10.9 Å². The van der Waals surface area contributed by atoms with E-state index >= 15 is 0 Å². The number of fused-ring (bicyclic) bond motifs is 1. The van der Waals surface area contributed by atoms with Crippen molar-refractivity contribution in [3.05, 3.63) is 71.9 Å². The number of hydrogen-bond donors (Lipinski definition) is 5. The Kier molecular flexibility index (Phi) is 8.60. The molecule has 2 heterocycles. The molecule has 2 aromatic carbocycles. The van der Waals surface area contributed by atoms with Gasteiger partial charge < -0.3 is 31.2 Å². The maximum absolute atomic E-state index is 13.4. The zero-order chi connectivity index (χ0) is 27.9. The summed E-state index contributed by atoms with van der Waals surface area (Å²) < 4.78 is 0. The Morgan fingerprint density at radius 2 is 1.69 bits per heavy atom. The molecule has 11 heteroatoms. The number of carbonyl (C=O) groups is 5. The number of rotatable bonds is 11. The first-order chi connectivity index (χ1) is 18.7. The average Bonchev–Trinajstić information content (AvgIpc) is 3.55. The lowest BCUT2D eigenvalue weighted by Gasteiger charge is -2.27. The molecule has 4 rings (SSSR count). The van der Waals surface area contributed by atoms with Crippen molar-refractivity contribution in [1.82, 2.24) is 31.2 Å². The minimum atomic E-state index is -1.30. The molecule has 39 heavy (non-hydrogen) atoms. The van der Waals surface area contributed by atoms with Gasteiger partial charge in [0.1, 0.15) is 12.1 Å². The molecule has 5 amide bonds. The minimum absolute atomic E-state index is 0.131. The molecule has 1 aliphatic rings. The van der Waals surface area contributed by atoms with Crippen molar-refractivity contribution in [3.8, 4) is 0 Å². The van der Waals surface area contributed by atoms with Gasteiger partial charge in [0.25, 0.3) is 11.8 Å². The molecule has 204 valence electrons. The molecule has 11 nitrogen and oxygen atoms in total. The third-order valence-corrected chi connectivity index (χ3v) is 6.57. The van der Waals surface area contributed by atoms with Crippen LogP contribution in [-0.2, 0) is 20.9 Å². The Bertz CT molecular complexity index is 1370. The largest absolute Gasteiger partial charge is 0.360 e. The number of hydrogen-bond acceptors (Lipinski definition) is 5. The number of ketones is 1. The monoisotopic (exact) mass is 532 g/mol. The quantitative estimate of drug-likeness (QED) is 0.236. The lowest BCUT2D eigenvalue weighted by molar-refractivity contribution is -0.140. The SMILES string of the molecule is CC(C)C(NC(=O)c1c[nH]c2ccccc12)C(=O)N[C@@H](CN1CCNC1=O)C(=O)C(=O)NCc1ccccc1. The van der Waals surface area contributed by atoms with Crippen molar-refractivity contribution in [1.29, 1.82) is 0 Å². The van der Waals surface area contributed by atoms with E-state index in [0.717, 1.165) is 11.1 Å². The van der Waals surface area contributed by atoms with Crippen LogP contribution in [0.4, 0.5) is 4.79 Å². The highest BCUT2D eigenvalue weighted by Crippen LogP contribution is 2.18. The van der Waals surface area contributed by atoms with Crippen LogP contribution in [-0.4, -0.2) is 71.1 Å². The highest BCUT2D eigenvalue weighted by atomic mass is 16.2. The summed E-state index contributed by atoms with van der Waals surface area (Å²) in [7, 11) is 0. The maximum Gasteiger partial charge on any atom is 0.317 e.